The van der Waals surface area contributed by atoms with Gasteiger partial charge in [0.15, 0.2) is 11.5 Å². The van der Waals surface area contributed by atoms with Gasteiger partial charge in [-0.05, 0) is 12.8 Å². The molecule has 0 saturated heterocycles. The fourth-order valence-corrected chi connectivity index (χ4v) is 2.47. The van der Waals surface area contributed by atoms with Crippen LogP contribution in [-0.4, -0.2) is 12.7 Å². The Morgan fingerprint density at radius 2 is 2.13 bits per heavy atom. The molecule has 0 N–H and O–H groups in total. The number of fused-ring (bicyclic) bond motifs is 1. The Bertz CT molecular complexity index is 296. The van der Waals surface area contributed by atoms with Crippen molar-refractivity contribution < 1.29 is 9.47 Å². The van der Waals surface area contributed by atoms with Gasteiger partial charge in [-0.25, -0.2) is 0 Å². The van der Waals surface area contributed by atoms with Crippen LogP contribution in [0.5, 0.6) is 11.5 Å². The highest BCUT2D eigenvalue weighted by Gasteiger charge is 2.20. The molecule has 1 atom stereocenters. The van der Waals surface area contributed by atoms with Crippen LogP contribution in [-0.2, 0) is 0 Å². The lowest BCUT2D eigenvalue weighted by Gasteiger charge is -2.24. The molecule has 3 heteroatoms. The number of unbranched alkanes of at least 4 members (excludes halogenated alkanes) is 3. The molecular formula is C12H18O2S. The Hall–Kier alpha value is -0.700. The van der Waals surface area contributed by atoms with Crippen LogP contribution in [0.4, 0.5) is 0 Å². The lowest BCUT2D eigenvalue weighted by molar-refractivity contribution is 0.0842. The molecule has 2 heterocycles. The molecule has 0 fully saturated rings. The van der Waals surface area contributed by atoms with Gasteiger partial charge in [-0.1, -0.05) is 26.2 Å². The zero-order chi connectivity index (χ0) is 10.5. The molecule has 2 rings (SSSR count). The van der Waals surface area contributed by atoms with Crippen molar-refractivity contribution in [1.82, 2.24) is 0 Å². The van der Waals surface area contributed by atoms with Gasteiger partial charge in [0.05, 0.1) is 0 Å². The summed E-state index contributed by atoms with van der Waals surface area (Å²) in [7, 11) is 0. The summed E-state index contributed by atoms with van der Waals surface area (Å²) in [6, 6.07) is 0. The van der Waals surface area contributed by atoms with E-state index in [-0.39, 0.29) is 6.10 Å². The topological polar surface area (TPSA) is 18.5 Å². The molecule has 0 saturated carbocycles. The SMILES string of the molecule is CCCCCCC1COc2cscc2O1. The molecule has 0 aromatic carbocycles. The van der Waals surface area contributed by atoms with Gasteiger partial charge in [0.1, 0.15) is 12.7 Å². The normalized spacial score (nSPS) is 19.1. The third-order valence-electron chi connectivity index (χ3n) is 2.69. The first-order valence-corrected chi connectivity index (χ1v) is 6.70. The van der Waals surface area contributed by atoms with Crippen LogP contribution in [0.2, 0.25) is 0 Å². The van der Waals surface area contributed by atoms with Gasteiger partial charge >= 0.3 is 0 Å². The van der Waals surface area contributed by atoms with Gasteiger partial charge in [-0.3, -0.25) is 0 Å². The van der Waals surface area contributed by atoms with E-state index in [0.717, 1.165) is 24.5 Å². The van der Waals surface area contributed by atoms with Crippen molar-refractivity contribution in [2.75, 3.05) is 6.61 Å². The van der Waals surface area contributed by atoms with Gasteiger partial charge in [0.25, 0.3) is 0 Å². The second-order valence-corrected chi connectivity index (χ2v) is 4.74. The van der Waals surface area contributed by atoms with E-state index in [0.29, 0.717) is 0 Å². The minimum absolute atomic E-state index is 0.268. The third kappa shape index (κ3) is 2.88. The highest BCUT2D eigenvalue weighted by atomic mass is 32.1. The Morgan fingerprint density at radius 3 is 3.00 bits per heavy atom. The second kappa shape index (κ2) is 5.40. The summed E-state index contributed by atoms with van der Waals surface area (Å²) in [5, 5.41) is 4.02. The molecule has 0 radical (unpaired) electrons. The van der Waals surface area contributed by atoms with E-state index < -0.39 is 0 Å². The molecule has 0 amide bonds. The smallest absolute Gasteiger partial charge is 0.172 e. The number of hydrogen-bond donors (Lipinski definition) is 0. The standard InChI is InChI=1S/C12H18O2S/c1-2-3-4-5-6-10-7-13-11-8-15-9-12(11)14-10/h8-10H,2-7H2,1H3. The quantitative estimate of drug-likeness (QED) is 0.710. The highest BCUT2D eigenvalue weighted by Crippen LogP contribution is 2.35. The summed E-state index contributed by atoms with van der Waals surface area (Å²) in [6.07, 6.45) is 6.57. The number of thiophene rings is 1. The van der Waals surface area contributed by atoms with Gasteiger partial charge in [0.2, 0.25) is 0 Å². The summed E-state index contributed by atoms with van der Waals surface area (Å²) in [4.78, 5) is 0. The predicted octanol–water partition coefficient (Wildman–Crippen LogP) is 3.86. The number of hydrogen-bond acceptors (Lipinski definition) is 3. The zero-order valence-electron chi connectivity index (χ0n) is 9.20. The average Bonchev–Trinajstić information content (AvgIpc) is 2.71. The molecule has 1 aromatic heterocycles. The predicted molar refractivity (Wildman–Crippen MR) is 63.0 cm³/mol. The van der Waals surface area contributed by atoms with E-state index in [1.165, 1.54) is 25.7 Å². The Labute approximate surface area is 95.2 Å². The monoisotopic (exact) mass is 226 g/mol. The Kier molecular flexibility index (Phi) is 3.89. The fraction of sp³-hybridized carbons (Fsp3) is 0.667. The van der Waals surface area contributed by atoms with Crippen LogP contribution in [0.25, 0.3) is 0 Å². The largest absolute Gasteiger partial charge is 0.485 e. The molecule has 0 bridgehead atoms. The first-order chi connectivity index (χ1) is 7.40. The Balaban J connectivity index is 1.73. The molecule has 1 aliphatic rings. The van der Waals surface area contributed by atoms with E-state index >= 15 is 0 Å². The minimum atomic E-state index is 0.268. The zero-order valence-corrected chi connectivity index (χ0v) is 10.0. The average molecular weight is 226 g/mol. The second-order valence-electron chi connectivity index (χ2n) is 4.00. The first-order valence-electron chi connectivity index (χ1n) is 5.75. The van der Waals surface area contributed by atoms with Gasteiger partial charge in [-0.2, -0.15) is 0 Å². The van der Waals surface area contributed by atoms with E-state index in [9.17, 15) is 0 Å². The third-order valence-corrected chi connectivity index (χ3v) is 3.39. The Morgan fingerprint density at radius 1 is 1.27 bits per heavy atom. The van der Waals surface area contributed by atoms with Crippen molar-refractivity contribution in [2.24, 2.45) is 0 Å². The van der Waals surface area contributed by atoms with Crippen LogP contribution >= 0.6 is 11.3 Å². The van der Waals surface area contributed by atoms with Crippen LogP contribution in [0.3, 0.4) is 0 Å². The highest BCUT2D eigenvalue weighted by molar-refractivity contribution is 7.08. The molecule has 1 unspecified atom stereocenters. The lowest BCUT2D eigenvalue weighted by atomic mass is 10.1. The van der Waals surface area contributed by atoms with Crippen molar-refractivity contribution in [3.8, 4) is 11.5 Å². The van der Waals surface area contributed by atoms with Gasteiger partial charge in [-0.15, -0.1) is 11.3 Å². The van der Waals surface area contributed by atoms with Crippen molar-refractivity contribution in [1.29, 1.82) is 0 Å². The van der Waals surface area contributed by atoms with E-state index in [1.807, 2.05) is 10.8 Å². The van der Waals surface area contributed by atoms with Gasteiger partial charge < -0.3 is 9.47 Å². The molecule has 0 aliphatic carbocycles. The van der Waals surface area contributed by atoms with Crippen LogP contribution in [0, 0.1) is 0 Å². The van der Waals surface area contributed by atoms with E-state index in [1.54, 1.807) is 11.3 Å². The summed E-state index contributed by atoms with van der Waals surface area (Å²) in [6.45, 7) is 2.95. The van der Waals surface area contributed by atoms with Crippen molar-refractivity contribution in [2.45, 2.75) is 45.1 Å². The fourth-order valence-electron chi connectivity index (χ4n) is 1.80. The minimum Gasteiger partial charge on any atom is -0.485 e. The maximum absolute atomic E-state index is 5.84. The maximum atomic E-state index is 5.84. The molecule has 1 aromatic rings. The van der Waals surface area contributed by atoms with Crippen LogP contribution in [0.15, 0.2) is 10.8 Å². The van der Waals surface area contributed by atoms with Crippen molar-refractivity contribution in [3.05, 3.63) is 10.8 Å². The molecule has 0 spiro atoms. The van der Waals surface area contributed by atoms with Crippen molar-refractivity contribution in [3.63, 3.8) is 0 Å². The lowest BCUT2D eigenvalue weighted by Crippen LogP contribution is -2.28. The van der Waals surface area contributed by atoms with Gasteiger partial charge in [0, 0.05) is 10.8 Å². The molecule has 15 heavy (non-hydrogen) atoms. The molecule has 2 nitrogen and oxygen atoms in total. The van der Waals surface area contributed by atoms with Crippen LogP contribution < -0.4 is 9.47 Å². The number of ether oxygens (including phenoxy) is 2. The number of rotatable bonds is 5. The summed E-state index contributed by atoms with van der Waals surface area (Å²) >= 11 is 1.64. The molecular weight excluding hydrogens is 208 g/mol. The van der Waals surface area contributed by atoms with Crippen LogP contribution in [0.1, 0.15) is 39.0 Å². The summed E-state index contributed by atoms with van der Waals surface area (Å²) in [5.41, 5.74) is 0. The first kappa shape index (κ1) is 10.8. The molecule has 1 aliphatic heterocycles. The maximum Gasteiger partial charge on any atom is 0.172 e. The molecule has 84 valence electrons. The van der Waals surface area contributed by atoms with E-state index in [2.05, 4.69) is 6.92 Å². The summed E-state index contributed by atoms with van der Waals surface area (Å²) < 4.78 is 11.5. The summed E-state index contributed by atoms with van der Waals surface area (Å²) in [5.74, 6) is 1.86. The van der Waals surface area contributed by atoms with E-state index in [4.69, 9.17) is 9.47 Å². The van der Waals surface area contributed by atoms with Crippen molar-refractivity contribution >= 4 is 11.3 Å².